The molecule has 0 spiro atoms. The second-order valence-electron chi connectivity index (χ2n) is 6.10. The number of hydrogen-bond donors (Lipinski definition) is 2. The molecule has 2 heterocycles. The maximum absolute atomic E-state index is 9.86. The van der Waals surface area contributed by atoms with E-state index in [1.807, 2.05) is 42.6 Å². The summed E-state index contributed by atoms with van der Waals surface area (Å²) >= 11 is 0. The van der Waals surface area contributed by atoms with Crippen LogP contribution >= 0.6 is 0 Å². The molecule has 4 rings (SSSR count). The van der Waals surface area contributed by atoms with E-state index in [1.54, 1.807) is 30.3 Å². The lowest BCUT2D eigenvalue weighted by molar-refractivity contribution is 0.475. The zero-order valence-corrected chi connectivity index (χ0v) is 13.9. The average Bonchev–Trinajstić information content (AvgIpc) is 2.95. The van der Waals surface area contributed by atoms with Gasteiger partial charge in [0.05, 0.1) is 5.56 Å². The zero-order valence-electron chi connectivity index (χ0n) is 13.9. The third-order valence-corrected chi connectivity index (χ3v) is 4.17. The predicted octanol–water partition coefficient (Wildman–Crippen LogP) is 4.09. The molecular weight excluding hydrogens is 314 g/mol. The van der Waals surface area contributed by atoms with Crippen molar-refractivity contribution in [3.63, 3.8) is 0 Å². The van der Waals surface area contributed by atoms with Crippen LogP contribution in [0, 0.1) is 13.8 Å². The first kappa shape index (κ1) is 15.2. The van der Waals surface area contributed by atoms with Crippen molar-refractivity contribution in [3.8, 4) is 33.9 Å². The van der Waals surface area contributed by atoms with Crippen LogP contribution in [-0.2, 0) is 0 Å². The van der Waals surface area contributed by atoms with Crippen molar-refractivity contribution in [1.82, 2.24) is 14.6 Å². The van der Waals surface area contributed by atoms with E-state index in [1.165, 1.54) is 0 Å². The highest BCUT2D eigenvalue weighted by molar-refractivity contribution is 5.91. The van der Waals surface area contributed by atoms with Gasteiger partial charge in [-0.25, -0.2) is 9.50 Å². The molecule has 4 aromatic rings. The summed E-state index contributed by atoms with van der Waals surface area (Å²) in [5.41, 5.74) is 5.97. The van der Waals surface area contributed by atoms with Crippen molar-refractivity contribution in [1.29, 1.82) is 0 Å². The van der Waals surface area contributed by atoms with Crippen molar-refractivity contribution in [2.24, 2.45) is 0 Å². The highest BCUT2D eigenvalue weighted by Gasteiger charge is 2.19. The Morgan fingerprint density at radius 3 is 2.32 bits per heavy atom. The van der Waals surface area contributed by atoms with E-state index in [2.05, 4.69) is 4.98 Å². The molecule has 2 aromatic heterocycles. The van der Waals surface area contributed by atoms with Crippen LogP contribution < -0.4 is 0 Å². The lowest BCUT2D eigenvalue weighted by atomic mass is 10.0. The van der Waals surface area contributed by atoms with E-state index < -0.39 is 0 Å². The van der Waals surface area contributed by atoms with E-state index in [-0.39, 0.29) is 11.5 Å². The zero-order chi connectivity index (χ0) is 17.6. The molecule has 0 radical (unpaired) electrons. The fourth-order valence-electron chi connectivity index (χ4n) is 3.07. The third kappa shape index (κ3) is 2.59. The minimum atomic E-state index is 0.187. The van der Waals surface area contributed by atoms with Gasteiger partial charge in [0, 0.05) is 17.0 Å². The fraction of sp³-hybridized carbons (Fsp3) is 0.100. The summed E-state index contributed by atoms with van der Waals surface area (Å²) in [7, 11) is 0. The Labute approximate surface area is 144 Å². The van der Waals surface area contributed by atoms with Crippen LogP contribution in [0.25, 0.3) is 28.0 Å². The van der Waals surface area contributed by atoms with Crippen LogP contribution in [0.1, 0.15) is 11.4 Å². The van der Waals surface area contributed by atoms with Gasteiger partial charge in [0.2, 0.25) is 0 Å². The van der Waals surface area contributed by atoms with Crippen molar-refractivity contribution in [3.05, 3.63) is 66.0 Å². The first-order valence-electron chi connectivity index (χ1n) is 7.99. The standard InChI is InChI=1S/C20H17N3O2/c1-12-10-13(2)23-20(21-12)18(14-6-8-16(24)9-7-14)19(22-23)15-4-3-5-17(25)11-15/h3-11,24-25H,1-2H3. The Hall–Kier alpha value is -3.34. The average molecular weight is 331 g/mol. The first-order valence-corrected chi connectivity index (χ1v) is 7.99. The quantitative estimate of drug-likeness (QED) is 0.580. The molecule has 0 fully saturated rings. The molecule has 0 saturated heterocycles. The number of phenolic OH excluding ortho intramolecular Hbond substituents is 2. The highest BCUT2D eigenvalue weighted by Crippen LogP contribution is 2.36. The third-order valence-electron chi connectivity index (χ3n) is 4.17. The molecular formula is C20H17N3O2. The molecule has 5 heteroatoms. The monoisotopic (exact) mass is 331 g/mol. The van der Waals surface area contributed by atoms with Crippen LogP contribution in [-0.4, -0.2) is 24.8 Å². The maximum atomic E-state index is 9.86. The summed E-state index contributed by atoms with van der Waals surface area (Å²) in [5, 5.41) is 24.2. The maximum Gasteiger partial charge on any atom is 0.164 e. The molecule has 0 aliphatic rings. The Balaban J connectivity index is 2.09. The van der Waals surface area contributed by atoms with Gasteiger partial charge in [0.25, 0.3) is 0 Å². The number of fused-ring (bicyclic) bond motifs is 1. The van der Waals surface area contributed by atoms with Crippen LogP contribution in [0.15, 0.2) is 54.6 Å². The molecule has 0 bridgehead atoms. The van der Waals surface area contributed by atoms with Crippen LogP contribution in [0.4, 0.5) is 0 Å². The SMILES string of the molecule is Cc1cc(C)n2nc(-c3cccc(O)c3)c(-c3ccc(O)cc3)c2n1. The minimum absolute atomic E-state index is 0.187. The van der Waals surface area contributed by atoms with Gasteiger partial charge in [0.1, 0.15) is 17.2 Å². The van der Waals surface area contributed by atoms with Gasteiger partial charge in [-0.1, -0.05) is 24.3 Å². The van der Waals surface area contributed by atoms with Crippen molar-refractivity contribution in [2.75, 3.05) is 0 Å². The Bertz CT molecular complexity index is 1080. The minimum Gasteiger partial charge on any atom is -0.508 e. The Morgan fingerprint density at radius 1 is 0.840 bits per heavy atom. The van der Waals surface area contributed by atoms with Gasteiger partial charge in [-0.15, -0.1) is 0 Å². The number of aryl methyl sites for hydroxylation is 2. The van der Waals surface area contributed by atoms with Gasteiger partial charge in [0.15, 0.2) is 5.65 Å². The number of rotatable bonds is 2. The van der Waals surface area contributed by atoms with Gasteiger partial charge in [-0.3, -0.25) is 0 Å². The Morgan fingerprint density at radius 2 is 1.60 bits per heavy atom. The summed E-state index contributed by atoms with van der Waals surface area (Å²) in [6.45, 7) is 3.94. The number of hydrogen-bond acceptors (Lipinski definition) is 4. The number of aromatic hydroxyl groups is 2. The molecule has 0 atom stereocenters. The second-order valence-corrected chi connectivity index (χ2v) is 6.10. The summed E-state index contributed by atoms with van der Waals surface area (Å²) in [4.78, 5) is 4.68. The van der Waals surface area contributed by atoms with E-state index >= 15 is 0 Å². The normalized spacial score (nSPS) is 11.1. The molecule has 124 valence electrons. The lowest BCUT2D eigenvalue weighted by Gasteiger charge is -2.05. The molecule has 2 N–H and O–H groups in total. The van der Waals surface area contributed by atoms with Crippen LogP contribution in [0.3, 0.4) is 0 Å². The second kappa shape index (κ2) is 5.63. The van der Waals surface area contributed by atoms with E-state index in [0.717, 1.165) is 39.4 Å². The smallest absolute Gasteiger partial charge is 0.164 e. The van der Waals surface area contributed by atoms with Gasteiger partial charge < -0.3 is 10.2 Å². The first-order chi connectivity index (χ1) is 12.0. The lowest BCUT2D eigenvalue weighted by Crippen LogP contribution is -1.97. The van der Waals surface area contributed by atoms with Gasteiger partial charge in [-0.05, 0) is 49.7 Å². The number of aromatic nitrogens is 3. The molecule has 2 aromatic carbocycles. The molecule has 0 aliphatic heterocycles. The van der Waals surface area contributed by atoms with Gasteiger partial charge >= 0.3 is 0 Å². The van der Waals surface area contributed by atoms with Crippen molar-refractivity contribution >= 4 is 5.65 Å². The molecule has 0 saturated carbocycles. The summed E-state index contributed by atoms with van der Waals surface area (Å²) in [6.07, 6.45) is 0. The largest absolute Gasteiger partial charge is 0.508 e. The summed E-state index contributed by atoms with van der Waals surface area (Å²) < 4.78 is 1.81. The van der Waals surface area contributed by atoms with Crippen LogP contribution in [0.5, 0.6) is 11.5 Å². The number of nitrogens with zero attached hydrogens (tertiary/aromatic N) is 3. The molecule has 0 amide bonds. The van der Waals surface area contributed by atoms with E-state index in [9.17, 15) is 10.2 Å². The van der Waals surface area contributed by atoms with Gasteiger partial charge in [-0.2, -0.15) is 5.10 Å². The van der Waals surface area contributed by atoms with Crippen molar-refractivity contribution in [2.45, 2.75) is 13.8 Å². The van der Waals surface area contributed by atoms with Crippen LogP contribution in [0.2, 0.25) is 0 Å². The van der Waals surface area contributed by atoms with E-state index in [0.29, 0.717) is 0 Å². The summed E-state index contributed by atoms with van der Waals surface area (Å²) in [6, 6.07) is 16.0. The highest BCUT2D eigenvalue weighted by atomic mass is 16.3. The molecule has 0 aliphatic carbocycles. The summed E-state index contributed by atoms with van der Waals surface area (Å²) in [5.74, 6) is 0.395. The molecule has 0 unspecified atom stereocenters. The van der Waals surface area contributed by atoms with Crippen molar-refractivity contribution < 1.29 is 10.2 Å². The predicted molar refractivity (Wildman–Crippen MR) is 96.7 cm³/mol. The number of phenols is 2. The molecule has 5 nitrogen and oxygen atoms in total. The Kier molecular flexibility index (Phi) is 3.42. The van der Waals surface area contributed by atoms with E-state index in [4.69, 9.17) is 5.10 Å². The number of benzene rings is 2. The fourth-order valence-corrected chi connectivity index (χ4v) is 3.07. The molecule has 25 heavy (non-hydrogen) atoms. The topological polar surface area (TPSA) is 70.7 Å².